The number of carbonyl (C=O) groups excluding carboxylic acids is 1. The van der Waals surface area contributed by atoms with E-state index in [0.29, 0.717) is 12.3 Å². The Labute approximate surface area is 200 Å². The highest BCUT2D eigenvalue weighted by molar-refractivity contribution is 5.78. The standard InChI is InChI=1S/C29H42N2O2/c1-20-8-10-21(11-9-20)18-30-27(33)23-12-14-31(15-13-23)19-22-16-24(28(2,3)4)26(32)25(17-22)29(5,6)7/h8-11,16-17,23,32H,12-15,18-19H2,1-7H3,(H,30,33). The zero-order chi connectivity index (χ0) is 24.4. The maximum absolute atomic E-state index is 12.7. The largest absolute Gasteiger partial charge is 0.507 e. The summed E-state index contributed by atoms with van der Waals surface area (Å²) in [6.07, 6.45) is 1.77. The molecular weight excluding hydrogens is 408 g/mol. The predicted molar refractivity (Wildman–Crippen MR) is 137 cm³/mol. The lowest BCUT2D eigenvalue weighted by Gasteiger charge is -2.33. The van der Waals surface area contributed by atoms with E-state index in [1.165, 1.54) is 11.1 Å². The highest BCUT2D eigenvalue weighted by Gasteiger charge is 2.28. The van der Waals surface area contributed by atoms with Crippen LogP contribution in [-0.4, -0.2) is 29.0 Å². The molecule has 0 atom stereocenters. The number of piperidine rings is 1. The van der Waals surface area contributed by atoms with Crippen molar-refractivity contribution in [3.63, 3.8) is 0 Å². The maximum atomic E-state index is 12.7. The van der Waals surface area contributed by atoms with Gasteiger partial charge in [-0.15, -0.1) is 0 Å². The van der Waals surface area contributed by atoms with Crippen molar-refractivity contribution in [1.82, 2.24) is 10.2 Å². The summed E-state index contributed by atoms with van der Waals surface area (Å²) >= 11 is 0. The first kappa shape index (κ1) is 25.3. The Morgan fingerprint density at radius 2 is 1.45 bits per heavy atom. The van der Waals surface area contributed by atoms with E-state index in [1.807, 2.05) is 0 Å². The Morgan fingerprint density at radius 1 is 0.939 bits per heavy atom. The highest BCUT2D eigenvalue weighted by atomic mass is 16.3. The van der Waals surface area contributed by atoms with Crippen LogP contribution in [0.4, 0.5) is 0 Å². The van der Waals surface area contributed by atoms with Gasteiger partial charge in [-0.05, 0) is 65.9 Å². The van der Waals surface area contributed by atoms with Crippen LogP contribution in [0.1, 0.15) is 82.2 Å². The Hall–Kier alpha value is -2.33. The van der Waals surface area contributed by atoms with Crippen molar-refractivity contribution in [2.24, 2.45) is 5.92 Å². The van der Waals surface area contributed by atoms with E-state index >= 15 is 0 Å². The monoisotopic (exact) mass is 450 g/mol. The van der Waals surface area contributed by atoms with Gasteiger partial charge in [0, 0.05) is 19.0 Å². The fraction of sp³-hybridized carbons (Fsp3) is 0.552. The quantitative estimate of drug-likeness (QED) is 0.603. The summed E-state index contributed by atoms with van der Waals surface area (Å²) in [4.78, 5) is 15.1. The van der Waals surface area contributed by atoms with Gasteiger partial charge in [-0.25, -0.2) is 0 Å². The molecule has 0 bridgehead atoms. The molecule has 0 saturated carbocycles. The Morgan fingerprint density at radius 3 is 1.94 bits per heavy atom. The molecule has 1 saturated heterocycles. The first-order valence-electron chi connectivity index (χ1n) is 12.3. The van der Waals surface area contributed by atoms with Crippen LogP contribution in [0.25, 0.3) is 0 Å². The van der Waals surface area contributed by atoms with Gasteiger partial charge >= 0.3 is 0 Å². The first-order chi connectivity index (χ1) is 15.3. The number of carbonyl (C=O) groups is 1. The smallest absolute Gasteiger partial charge is 0.223 e. The minimum Gasteiger partial charge on any atom is -0.507 e. The average molecular weight is 451 g/mol. The van der Waals surface area contributed by atoms with Crippen molar-refractivity contribution >= 4 is 5.91 Å². The molecule has 33 heavy (non-hydrogen) atoms. The number of benzene rings is 2. The number of hydrogen-bond acceptors (Lipinski definition) is 3. The fourth-order valence-corrected chi connectivity index (χ4v) is 4.58. The van der Waals surface area contributed by atoms with Gasteiger partial charge in [-0.3, -0.25) is 9.69 Å². The average Bonchev–Trinajstić information content (AvgIpc) is 2.73. The van der Waals surface area contributed by atoms with Crippen LogP contribution < -0.4 is 5.32 Å². The number of nitrogens with zero attached hydrogens (tertiary/aromatic N) is 1. The van der Waals surface area contributed by atoms with Gasteiger partial charge in [-0.2, -0.15) is 0 Å². The van der Waals surface area contributed by atoms with Crippen molar-refractivity contribution < 1.29 is 9.90 Å². The van der Waals surface area contributed by atoms with E-state index in [2.05, 4.69) is 95.1 Å². The number of amides is 1. The highest BCUT2D eigenvalue weighted by Crippen LogP contribution is 2.40. The second-order valence-electron chi connectivity index (χ2n) is 11.8. The molecular formula is C29H42N2O2. The molecule has 2 N–H and O–H groups in total. The Kier molecular flexibility index (Phi) is 7.58. The summed E-state index contributed by atoms with van der Waals surface area (Å²) in [5.41, 5.74) is 5.39. The van der Waals surface area contributed by atoms with Crippen molar-refractivity contribution in [1.29, 1.82) is 0 Å². The Bertz CT molecular complexity index is 922. The van der Waals surface area contributed by atoms with Crippen LogP contribution in [-0.2, 0) is 28.7 Å². The summed E-state index contributed by atoms with van der Waals surface area (Å²) in [5.74, 6) is 0.689. The second kappa shape index (κ2) is 9.89. The lowest BCUT2D eigenvalue weighted by Crippen LogP contribution is -2.40. The summed E-state index contributed by atoms with van der Waals surface area (Å²) in [6.45, 7) is 18.3. The summed E-state index contributed by atoms with van der Waals surface area (Å²) in [7, 11) is 0. The summed E-state index contributed by atoms with van der Waals surface area (Å²) < 4.78 is 0. The molecule has 0 aliphatic carbocycles. The Balaban J connectivity index is 1.61. The molecule has 180 valence electrons. The van der Waals surface area contributed by atoms with Gasteiger partial charge in [0.25, 0.3) is 0 Å². The lowest BCUT2D eigenvalue weighted by atomic mass is 9.78. The lowest BCUT2D eigenvalue weighted by molar-refractivity contribution is -0.126. The molecule has 4 nitrogen and oxygen atoms in total. The van der Waals surface area contributed by atoms with Gasteiger partial charge in [0.05, 0.1) is 0 Å². The number of phenols is 1. The zero-order valence-corrected chi connectivity index (χ0v) is 21.6. The van der Waals surface area contributed by atoms with Crippen molar-refractivity contribution in [3.05, 3.63) is 64.2 Å². The molecule has 4 heteroatoms. The molecule has 0 aromatic heterocycles. The topological polar surface area (TPSA) is 52.6 Å². The van der Waals surface area contributed by atoms with E-state index in [4.69, 9.17) is 0 Å². The number of rotatable bonds is 5. The summed E-state index contributed by atoms with van der Waals surface area (Å²) in [5, 5.41) is 14.1. The van der Waals surface area contributed by atoms with Crippen LogP contribution in [0, 0.1) is 12.8 Å². The van der Waals surface area contributed by atoms with Crippen molar-refractivity contribution in [2.45, 2.75) is 85.2 Å². The van der Waals surface area contributed by atoms with E-state index in [0.717, 1.165) is 49.2 Å². The SMILES string of the molecule is Cc1ccc(CNC(=O)C2CCN(Cc3cc(C(C)(C)C)c(O)c(C(C)(C)C)c3)CC2)cc1. The van der Waals surface area contributed by atoms with Crippen LogP contribution in [0.3, 0.4) is 0 Å². The van der Waals surface area contributed by atoms with Crippen molar-refractivity contribution in [3.8, 4) is 5.75 Å². The number of likely N-dealkylation sites (tertiary alicyclic amines) is 1. The number of phenolic OH excluding ortho intramolecular Hbond substituents is 1. The number of hydrogen-bond donors (Lipinski definition) is 2. The second-order valence-corrected chi connectivity index (χ2v) is 11.8. The number of aromatic hydroxyl groups is 1. The third-order valence-corrected chi connectivity index (χ3v) is 6.74. The summed E-state index contributed by atoms with van der Waals surface area (Å²) in [6, 6.07) is 12.7. The molecule has 2 aromatic rings. The molecule has 3 rings (SSSR count). The third-order valence-electron chi connectivity index (χ3n) is 6.74. The van der Waals surface area contributed by atoms with E-state index in [-0.39, 0.29) is 22.7 Å². The van der Waals surface area contributed by atoms with Gasteiger partial charge in [-0.1, -0.05) is 83.5 Å². The molecule has 1 aliphatic heterocycles. The van der Waals surface area contributed by atoms with E-state index < -0.39 is 0 Å². The van der Waals surface area contributed by atoms with Gasteiger partial charge in [0.1, 0.15) is 5.75 Å². The van der Waals surface area contributed by atoms with E-state index in [1.54, 1.807) is 0 Å². The molecule has 1 fully saturated rings. The van der Waals surface area contributed by atoms with Gasteiger partial charge < -0.3 is 10.4 Å². The molecule has 0 unspecified atom stereocenters. The van der Waals surface area contributed by atoms with Crippen LogP contribution in [0.2, 0.25) is 0 Å². The van der Waals surface area contributed by atoms with Gasteiger partial charge in [0.2, 0.25) is 5.91 Å². The van der Waals surface area contributed by atoms with Gasteiger partial charge in [0.15, 0.2) is 0 Å². The third kappa shape index (κ3) is 6.60. The number of aryl methyl sites for hydroxylation is 1. The van der Waals surface area contributed by atoms with Crippen LogP contribution >= 0.6 is 0 Å². The normalized spacial score (nSPS) is 16.1. The molecule has 1 amide bonds. The minimum absolute atomic E-state index is 0.0850. The molecule has 1 heterocycles. The minimum atomic E-state index is -0.122. The first-order valence-corrected chi connectivity index (χ1v) is 12.3. The molecule has 1 aliphatic rings. The fourth-order valence-electron chi connectivity index (χ4n) is 4.58. The molecule has 0 spiro atoms. The predicted octanol–water partition coefficient (Wildman–Crippen LogP) is 5.82. The number of nitrogens with one attached hydrogen (secondary N) is 1. The zero-order valence-electron chi connectivity index (χ0n) is 21.6. The van der Waals surface area contributed by atoms with Crippen LogP contribution in [0.15, 0.2) is 36.4 Å². The van der Waals surface area contributed by atoms with Crippen molar-refractivity contribution in [2.75, 3.05) is 13.1 Å². The van der Waals surface area contributed by atoms with Crippen LogP contribution in [0.5, 0.6) is 5.75 Å². The molecule has 2 aromatic carbocycles. The maximum Gasteiger partial charge on any atom is 0.223 e. The van der Waals surface area contributed by atoms with E-state index in [9.17, 15) is 9.90 Å². The molecule has 0 radical (unpaired) electrons.